The zero-order chi connectivity index (χ0) is 15.0. The molecule has 22 heavy (non-hydrogen) atoms. The van der Waals surface area contributed by atoms with Gasteiger partial charge < -0.3 is 5.48 Å². The molecule has 1 atom stereocenters. The van der Waals surface area contributed by atoms with E-state index in [4.69, 9.17) is 9.54 Å². The van der Waals surface area contributed by atoms with E-state index in [9.17, 15) is 8.42 Å². The maximum atomic E-state index is 10.8. The number of aromatic nitrogens is 1. The molecule has 0 saturated carbocycles. The van der Waals surface area contributed by atoms with E-state index >= 15 is 0 Å². The van der Waals surface area contributed by atoms with Gasteiger partial charge in [0.15, 0.2) is 0 Å². The summed E-state index contributed by atoms with van der Waals surface area (Å²) in [7, 11) is -4.04. The van der Waals surface area contributed by atoms with Crippen molar-refractivity contribution in [2.75, 3.05) is 5.75 Å². The SMILES string of the molecule is Cc1nc2c3ccccc3ccc2[s+]1CCCS(=O)(=O)O.[OH-]. The molecule has 0 radical (unpaired) electrons. The van der Waals surface area contributed by atoms with Gasteiger partial charge in [0, 0.05) is 35.3 Å². The molecule has 2 N–H and O–H groups in total. The average Bonchev–Trinajstić information content (AvgIpc) is 2.74. The van der Waals surface area contributed by atoms with E-state index in [1.54, 1.807) is 0 Å². The molecule has 3 rings (SSSR count). The molecule has 0 fully saturated rings. The third kappa shape index (κ3) is 3.27. The van der Waals surface area contributed by atoms with Crippen molar-refractivity contribution in [2.45, 2.75) is 19.1 Å². The first-order valence-corrected chi connectivity index (χ1v) is 9.69. The second-order valence-electron chi connectivity index (χ2n) is 5.00. The standard InChI is InChI=1S/C15H15NO3S2.H2O/c1-11-16-15-13-6-3-2-5-12(13)7-8-14(15)20(11)9-4-10-21(17,18)19;/h2-3,5-8H,4,9-10H2,1H3;1H2. The first-order chi connectivity index (χ1) is 9.96. The van der Waals surface area contributed by atoms with E-state index in [1.807, 2.05) is 19.1 Å². The molecule has 0 aliphatic heterocycles. The monoisotopic (exact) mass is 339 g/mol. The second-order valence-corrected chi connectivity index (χ2v) is 8.79. The summed E-state index contributed by atoms with van der Waals surface area (Å²) in [6.07, 6.45) is 0.446. The number of nitrogens with zero attached hydrogens (tertiary/aromatic N) is 1. The summed E-state index contributed by atoms with van der Waals surface area (Å²) >= 11 is 0. The third-order valence-electron chi connectivity index (χ3n) is 3.51. The van der Waals surface area contributed by atoms with Gasteiger partial charge in [0.1, 0.15) is 11.3 Å². The topological polar surface area (TPSA) is 97.3 Å². The molecule has 0 aliphatic rings. The fourth-order valence-corrected chi connectivity index (χ4v) is 5.35. The first-order valence-electron chi connectivity index (χ1n) is 6.69. The minimum absolute atomic E-state index is 0. The molecule has 0 spiro atoms. The van der Waals surface area contributed by atoms with Crippen LogP contribution in [0, 0.1) is 6.92 Å². The van der Waals surface area contributed by atoms with Gasteiger partial charge in [0.25, 0.3) is 10.1 Å². The van der Waals surface area contributed by atoms with Crippen molar-refractivity contribution >= 4 is 41.6 Å². The highest BCUT2D eigenvalue weighted by Gasteiger charge is 2.21. The van der Waals surface area contributed by atoms with Gasteiger partial charge in [-0.15, -0.1) is 0 Å². The van der Waals surface area contributed by atoms with Crippen LogP contribution in [0.25, 0.3) is 21.0 Å². The highest BCUT2D eigenvalue weighted by atomic mass is 32.2. The third-order valence-corrected chi connectivity index (χ3v) is 6.67. The molecule has 7 heteroatoms. The summed E-state index contributed by atoms with van der Waals surface area (Å²) in [6, 6.07) is 12.3. The Kier molecular flexibility index (Phi) is 4.81. The lowest BCUT2D eigenvalue weighted by Crippen LogP contribution is -2.03. The van der Waals surface area contributed by atoms with Crippen LogP contribution in [0.3, 0.4) is 0 Å². The molecule has 5 nitrogen and oxygen atoms in total. The van der Waals surface area contributed by atoms with E-state index in [-0.39, 0.29) is 21.7 Å². The van der Waals surface area contributed by atoms with Gasteiger partial charge in [-0.1, -0.05) is 24.3 Å². The normalized spacial score (nSPS) is 12.5. The quantitative estimate of drug-likeness (QED) is 0.579. The molecule has 1 aromatic heterocycles. The van der Waals surface area contributed by atoms with Crippen LogP contribution in [0.1, 0.15) is 11.4 Å². The predicted octanol–water partition coefficient (Wildman–Crippen LogP) is 3.55. The summed E-state index contributed by atoms with van der Waals surface area (Å²) in [5, 5.41) is 3.34. The first kappa shape index (κ1) is 16.8. The van der Waals surface area contributed by atoms with Gasteiger partial charge in [-0.25, -0.2) is 0 Å². The maximum absolute atomic E-state index is 10.8. The highest BCUT2D eigenvalue weighted by Crippen LogP contribution is 2.38. The van der Waals surface area contributed by atoms with E-state index in [2.05, 4.69) is 24.3 Å². The fourth-order valence-electron chi connectivity index (χ4n) is 2.56. The van der Waals surface area contributed by atoms with E-state index < -0.39 is 10.1 Å². The van der Waals surface area contributed by atoms with Crippen LogP contribution in [0.4, 0.5) is 0 Å². The van der Waals surface area contributed by atoms with Crippen LogP contribution in [0.2, 0.25) is 0 Å². The number of fused-ring (bicyclic) bond motifs is 3. The summed E-state index contributed by atoms with van der Waals surface area (Å²) < 4.78 is 31.7. The van der Waals surface area contributed by atoms with Crippen LogP contribution in [-0.2, 0) is 15.9 Å². The average molecular weight is 339 g/mol. The maximum Gasteiger partial charge on any atom is 0.265 e. The van der Waals surface area contributed by atoms with Crippen molar-refractivity contribution in [3.8, 4) is 0 Å². The minimum atomic E-state index is -3.88. The van der Waals surface area contributed by atoms with Gasteiger partial charge in [-0.3, -0.25) is 4.55 Å². The van der Waals surface area contributed by atoms with Gasteiger partial charge in [0.2, 0.25) is 9.71 Å². The van der Waals surface area contributed by atoms with Crippen LogP contribution >= 0.6 is 10.5 Å². The lowest BCUT2D eigenvalue weighted by molar-refractivity contribution is 0.482. The number of hydrogen-bond acceptors (Lipinski definition) is 4. The molecular formula is C15H17NO4S2. The van der Waals surface area contributed by atoms with E-state index in [0.29, 0.717) is 12.2 Å². The van der Waals surface area contributed by atoms with Gasteiger partial charge in [-0.05, 0) is 11.5 Å². The van der Waals surface area contributed by atoms with E-state index in [0.717, 1.165) is 21.3 Å². The molecule has 0 bridgehead atoms. The molecule has 118 valence electrons. The van der Waals surface area contributed by atoms with E-state index in [1.165, 1.54) is 4.70 Å². The Morgan fingerprint density at radius 2 is 1.91 bits per heavy atom. The summed E-state index contributed by atoms with van der Waals surface area (Å²) in [5.41, 5.74) is 1.01. The molecule has 0 amide bonds. The number of benzene rings is 2. The molecular weight excluding hydrogens is 322 g/mol. The Morgan fingerprint density at radius 1 is 1.18 bits per heavy atom. The Bertz CT molecular complexity index is 916. The van der Waals surface area contributed by atoms with Crippen molar-refractivity contribution in [3.63, 3.8) is 0 Å². The lowest BCUT2D eigenvalue weighted by atomic mass is 10.1. The molecule has 3 aromatic rings. The Hall–Kier alpha value is -1.54. The van der Waals surface area contributed by atoms with Crippen molar-refractivity contribution in [3.05, 3.63) is 41.4 Å². The summed E-state index contributed by atoms with van der Waals surface area (Å²) in [4.78, 5) is 4.69. The van der Waals surface area contributed by atoms with Crippen molar-refractivity contribution < 1.29 is 18.4 Å². The van der Waals surface area contributed by atoms with Gasteiger partial charge >= 0.3 is 0 Å². The number of thiazole rings is 1. The predicted molar refractivity (Wildman–Crippen MR) is 89.4 cm³/mol. The Morgan fingerprint density at radius 3 is 2.64 bits per heavy atom. The van der Waals surface area contributed by atoms with Gasteiger partial charge in [0.05, 0.1) is 5.75 Å². The fraction of sp³-hybridized carbons (Fsp3) is 0.267. The highest BCUT2D eigenvalue weighted by molar-refractivity contribution is 7.85. The number of aryl methyl sites for hydroxylation is 2. The van der Waals surface area contributed by atoms with Crippen molar-refractivity contribution in [2.24, 2.45) is 0 Å². The lowest BCUT2D eigenvalue weighted by Gasteiger charge is -1.96. The molecule has 0 saturated heterocycles. The Labute approximate surface area is 131 Å². The van der Waals surface area contributed by atoms with Gasteiger partial charge in [-0.2, -0.15) is 13.4 Å². The second kappa shape index (κ2) is 6.29. The molecule has 1 unspecified atom stereocenters. The van der Waals surface area contributed by atoms with Crippen molar-refractivity contribution in [1.82, 2.24) is 4.98 Å². The molecule has 0 aliphatic carbocycles. The smallest absolute Gasteiger partial charge is 0.265 e. The zero-order valence-corrected chi connectivity index (χ0v) is 13.7. The minimum Gasteiger partial charge on any atom is -0.870 e. The van der Waals surface area contributed by atoms with Crippen LogP contribution < -0.4 is 0 Å². The Balaban J connectivity index is 0.00000176. The van der Waals surface area contributed by atoms with Crippen LogP contribution in [-0.4, -0.2) is 29.2 Å². The largest absolute Gasteiger partial charge is 0.870 e. The summed E-state index contributed by atoms with van der Waals surface area (Å²) in [5.74, 6) is 0.521. The number of hydrogen-bond donors (Lipinski definition) is 1. The molecule has 1 heterocycles. The van der Waals surface area contributed by atoms with Crippen LogP contribution in [0.5, 0.6) is 0 Å². The molecule has 2 aromatic carbocycles. The van der Waals surface area contributed by atoms with Crippen LogP contribution in [0.15, 0.2) is 36.4 Å². The van der Waals surface area contributed by atoms with Crippen molar-refractivity contribution in [1.29, 1.82) is 0 Å². The summed E-state index contributed by atoms with van der Waals surface area (Å²) in [6.45, 7) is 1.99. The number of rotatable bonds is 4. The zero-order valence-electron chi connectivity index (χ0n) is 12.1.